The lowest BCUT2D eigenvalue weighted by Gasteiger charge is -2.29. The lowest BCUT2D eigenvalue weighted by Crippen LogP contribution is -2.43. The molecule has 0 unspecified atom stereocenters. The Kier molecular flexibility index (Phi) is 3.55. The zero-order valence-electron chi connectivity index (χ0n) is 13.6. The highest BCUT2D eigenvalue weighted by molar-refractivity contribution is 6.15. The number of nitrogens with one attached hydrogen (secondary N) is 1. The molecule has 130 valence electrons. The molecule has 1 aliphatic carbocycles. The van der Waals surface area contributed by atoms with Gasteiger partial charge in [-0.05, 0) is 25.7 Å². The second-order valence-electron chi connectivity index (χ2n) is 6.33. The Hall–Kier alpha value is -2.77. The molecule has 1 aromatic carbocycles. The standard InChI is InChI=1S/C17H16F2N4O2/c1-22-16(9-4-2-3-5-12(9)21-22)17(25)23-8-15(24)20-13-6-10(18)11(19)7-14(13)23/h6-7H,2-5,8H2,1H3,(H,20,24). The molecule has 25 heavy (non-hydrogen) atoms. The number of fused-ring (bicyclic) bond motifs is 2. The SMILES string of the molecule is Cn1nc2c(c1C(=O)N1CC(=O)Nc3cc(F)c(F)cc31)CCCC2. The van der Waals surface area contributed by atoms with Gasteiger partial charge in [0.2, 0.25) is 5.91 Å². The first-order chi connectivity index (χ1) is 12.0. The van der Waals surface area contributed by atoms with Crippen molar-refractivity contribution in [1.29, 1.82) is 0 Å². The van der Waals surface area contributed by atoms with Crippen molar-refractivity contribution in [2.45, 2.75) is 25.7 Å². The van der Waals surface area contributed by atoms with Gasteiger partial charge in [-0.2, -0.15) is 5.10 Å². The fourth-order valence-electron chi connectivity index (χ4n) is 3.54. The molecule has 0 saturated heterocycles. The van der Waals surface area contributed by atoms with Crippen LogP contribution in [0, 0.1) is 11.6 Å². The highest BCUT2D eigenvalue weighted by Crippen LogP contribution is 2.34. The van der Waals surface area contributed by atoms with Gasteiger partial charge >= 0.3 is 0 Å². The molecule has 0 saturated carbocycles. The van der Waals surface area contributed by atoms with Crippen LogP contribution >= 0.6 is 0 Å². The second kappa shape index (κ2) is 5.65. The Morgan fingerprint density at radius 1 is 1.20 bits per heavy atom. The minimum Gasteiger partial charge on any atom is -0.323 e. The Labute approximate surface area is 142 Å². The third-order valence-electron chi connectivity index (χ3n) is 4.67. The summed E-state index contributed by atoms with van der Waals surface area (Å²) in [5, 5.41) is 6.88. The fraction of sp³-hybridized carbons (Fsp3) is 0.353. The van der Waals surface area contributed by atoms with E-state index in [1.807, 2.05) is 0 Å². The third kappa shape index (κ3) is 2.48. The van der Waals surface area contributed by atoms with E-state index >= 15 is 0 Å². The smallest absolute Gasteiger partial charge is 0.277 e. The molecule has 2 aliphatic rings. The van der Waals surface area contributed by atoms with E-state index in [0.717, 1.165) is 49.1 Å². The number of nitrogens with zero attached hydrogens (tertiary/aromatic N) is 3. The Morgan fingerprint density at radius 3 is 2.72 bits per heavy atom. The van der Waals surface area contributed by atoms with Crippen LogP contribution in [-0.4, -0.2) is 28.1 Å². The quantitative estimate of drug-likeness (QED) is 0.861. The Bertz CT molecular complexity index is 907. The van der Waals surface area contributed by atoms with Crippen molar-refractivity contribution in [3.63, 3.8) is 0 Å². The van der Waals surface area contributed by atoms with Crippen molar-refractivity contribution in [2.24, 2.45) is 7.05 Å². The number of hydrogen-bond acceptors (Lipinski definition) is 3. The number of benzene rings is 1. The summed E-state index contributed by atoms with van der Waals surface area (Å²) in [5.41, 5.74) is 2.41. The van der Waals surface area contributed by atoms with Gasteiger partial charge in [-0.3, -0.25) is 19.2 Å². The molecule has 1 aliphatic heterocycles. The van der Waals surface area contributed by atoms with Gasteiger partial charge in [0.15, 0.2) is 11.6 Å². The molecule has 0 fully saturated rings. The highest BCUT2D eigenvalue weighted by atomic mass is 19.2. The molecular weight excluding hydrogens is 330 g/mol. The summed E-state index contributed by atoms with van der Waals surface area (Å²) >= 11 is 0. The van der Waals surface area contributed by atoms with Crippen molar-refractivity contribution >= 4 is 23.2 Å². The molecule has 2 amide bonds. The largest absolute Gasteiger partial charge is 0.323 e. The van der Waals surface area contributed by atoms with Gasteiger partial charge in [-0.15, -0.1) is 0 Å². The van der Waals surface area contributed by atoms with E-state index < -0.39 is 23.4 Å². The van der Waals surface area contributed by atoms with Crippen molar-refractivity contribution in [1.82, 2.24) is 9.78 Å². The molecule has 6 nitrogen and oxygen atoms in total. The highest BCUT2D eigenvalue weighted by Gasteiger charge is 2.33. The van der Waals surface area contributed by atoms with Crippen LogP contribution in [0.25, 0.3) is 0 Å². The third-order valence-corrected chi connectivity index (χ3v) is 4.67. The van der Waals surface area contributed by atoms with Crippen LogP contribution in [0.2, 0.25) is 0 Å². The molecule has 0 spiro atoms. The first-order valence-electron chi connectivity index (χ1n) is 8.11. The molecular formula is C17H16F2N4O2. The zero-order chi connectivity index (χ0) is 17.7. The Balaban J connectivity index is 1.81. The van der Waals surface area contributed by atoms with E-state index in [2.05, 4.69) is 10.4 Å². The summed E-state index contributed by atoms with van der Waals surface area (Å²) < 4.78 is 28.7. The fourth-order valence-corrected chi connectivity index (χ4v) is 3.54. The van der Waals surface area contributed by atoms with E-state index in [-0.39, 0.29) is 17.9 Å². The van der Waals surface area contributed by atoms with Crippen LogP contribution in [-0.2, 0) is 24.7 Å². The minimum absolute atomic E-state index is 0.0829. The van der Waals surface area contributed by atoms with Gasteiger partial charge < -0.3 is 5.32 Å². The number of halogens is 2. The summed E-state index contributed by atoms with van der Waals surface area (Å²) in [7, 11) is 1.68. The summed E-state index contributed by atoms with van der Waals surface area (Å²) in [6.45, 7) is -0.253. The van der Waals surface area contributed by atoms with Crippen LogP contribution in [0.3, 0.4) is 0 Å². The monoisotopic (exact) mass is 346 g/mol. The number of hydrogen-bond donors (Lipinski definition) is 1. The van der Waals surface area contributed by atoms with Gasteiger partial charge in [0.1, 0.15) is 12.2 Å². The maximum atomic E-state index is 13.7. The summed E-state index contributed by atoms with van der Waals surface area (Å²) in [6, 6.07) is 1.82. The zero-order valence-corrected chi connectivity index (χ0v) is 13.6. The average molecular weight is 346 g/mol. The molecule has 1 N–H and O–H groups in total. The lowest BCUT2D eigenvalue weighted by atomic mass is 9.95. The van der Waals surface area contributed by atoms with Crippen LogP contribution in [0.4, 0.5) is 20.2 Å². The summed E-state index contributed by atoms with van der Waals surface area (Å²) in [6.07, 6.45) is 3.55. The molecule has 2 aromatic rings. The topological polar surface area (TPSA) is 67.2 Å². The molecule has 4 rings (SSSR count). The number of carbonyl (C=O) groups excluding carboxylic acids is 2. The number of anilines is 2. The molecule has 0 bridgehead atoms. The first-order valence-corrected chi connectivity index (χ1v) is 8.11. The van der Waals surface area contributed by atoms with Crippen LogP contribution in [0.15, 0.2) is 12.1 Å². The predicted octanol–water partition coefficient (Wildman–Crippen LogP) is 2.18. The van der Waals surface area contributed by atoms with Crippen molar-refractivity contribution in [3.05, 3.63) is 40.7 Å². The van der Waals surface area contributed by atoms with E-state index in [0.29, 0.717) is 5.69 Å². The minimum atomic E-state index is -1.08. The maximum absolute atomic E-state index is 13.7. The molecule has 1 aromatic heterocycles. The number of carbonyl (C=O) groups is 2. The number of amides is 2. The van der Waals surface area contributed by atoms with Crippen molar-refractivity contribution in [2.75, 3.05) is 16.8 Å². The van der Waals surface area contributed by atoms with Gasteiger partial charge in [0.05, 0.1) is 17.1 Å². The van der Waals surface area contributed by atoms with Gasteiger partial charge in [0, 0.05) is 24.7 Å². The van der Waals surface area contributed by atoms with Crippen LogP contribution < -0.4 is 10.2 Å². The van der Waals surface area contributed by atoms with Crippen molar-refractivity contribution in [3.8, 4) is 0 Å². The van der Waals surface area contributed by atoms with Gasteiger partial charge in [-0.1, -0.05) is 0 Å². The van der Waals surface area contributed by atoms with Gasteiger partial charge in [-0.25, -0.2) is 8.78 Å². The maximum Gasteiger partial charge on any atom is 0.277 e. The van der Waals surface area contributed by atoms with Crippen LogP contribution in [0.1, 0.15) is 34.6 Å². The molecule has 2 heterocycles. The van der Waals surface area contributed by atoms with E-state index in [1.54, 1.807) is 7.05 Å². The number of aromatic nitrogens is 2. The van der Waals surface area contributed by atoms with Crippen molar-refractivity contribution < 1.29 is 18.4 Å². The summed E-state index contributed by atoms with van der Waals surface area (Å²) in [5.74, 6) is -3.03. The predicted molar refractivity (Wildman–Crippen MR) is 86.5 cm³/mol. The lowest BCUT2D eigenvalue weighted by molar-refractivity contribution is -0.115. The van der Waals surface area contributed by atoms with E-state index in [9.17, 15) is 18.4 Å². The molecule has 0 radical (unpaired) electrons. The normalized spacial score (nSPS) is 16.3. The number of aryl methyl sites for hydroxylation is 2. The van der Waals surface area contributed by atoms with Gasteiger partial charge in [0.25, 0.3) is 5.91 Å². The summed E-state index contributed by atoms with van der Waals surface area (Å²) in [4.78, 5) is 26.2. The second-order valence-corrected chi connectivity index (χ2v) is 6.33. The van der Waals surface area contributed by atoms with E-state index in [4.69, 9.17) is 0 Å². The average Bonchev–Trinajstić information content (AvgIpc) is 2.91. The Morgan fingerprint density at radius 2 is 1.92 bits per heavy atom. The number of rotatable bonds is 1. The molecule has 0 atom stereocenters. The first kappa shape index (κ1) is 15.7. The van der Waals surface area contributed by atoms with E-state index in [1.165, 1.54) is 9.58 Å². The van der Waals surface area contributed by atoms with Crippen LogP contribution in [0.5, 0.6) is 0 Å². The molecule has 8 heteroatoms.